The Balaban J connectivity index is 1.68. The van der Waals surface area contributed by atoms with Gasteiger partial charge in [-0.05, 0) is 29.7 Å². The summed E-state index contributed by atoms with van der Waals surface area (Å²) < 4.78 is 0. The Kier molecular flexibility index (Phi) is 10.3. The van der Waals surface area contributed by atoms with Gasteiger partial charge in [0.15, 0.2) is 5.78 Å². The van der Waals surface area contributed by atoms with Crippen LogP contribution in [0.15, 0.2) is 78.9 Å². The molecule has 0 heterocycles. The molecule has 1 atom stereocenters. The van der Waals surface area contributed by atoms with Gasteiger partial charge in [0.1, 0.15) is 6.04 Å². The van der Waals surface area contributed by atoms with Crippen molar-refractivity contribution in [1.29, 1.82) is 0 Å². The Morgan fingerprint density at radius 3 is 2.05 bits per heavy atom. The zero-order valence-electron chi connectivity index (χ0n) is 20.8. The summed E-state index contributed by atoms with van der Waals surface area (Å²) in [6.07, 6.45) is 6.67. The minimum Gasteiger partial charge on any atom is -0.350 e. The van der Waals surface area contributed by atoms with Gasteiger partial charge in [-0.15, -0.1) is 12.3 Å². The normalized spacial score (nSPS) is 11.1. The van der Waals surface area contributed by atoms with Crippen molar-refractivity contribution >= 4 is 23.5 Å². The second-order valence-corrected chi connectivity index (χ2v) is 8.63. The quantitative estimate of drug-likeness (QED) is 0.0978. The number of rotatable bonds is 12. The summed E-state index contributed by atoms with van der Waals surface area (Å²) in [4.78, 5) is 49.7. The standard InChI is InChI=1S/C30H29N3O5/c1-2-3-5-10-27(34)32-26(30(37)31-20-22-13-17-25(18-14-22)29(36)33-38)19-21-11-15-24(16-12-21)28(35)23-8-6-4-7-9-23/h1,4,6-9,11-18,26,38H,3,5,10,19-20H2,(H,31,37)(H,32,34)(H,33,36)/t26-/m0/s1. The van der Waals surface area contributed by atoms with Gasteiger partial charge < -0.3 is 10.6 Å². The highest BCUT2D eigenvalue weighted by atomic mass is 16.5. The molecule has 3 rings (SSSR count). The molecule has 0 unspecified atom stereocenters. The Hall–Kier alpha value is -4.74. The van der Waals surface area contributed by atoms with Crippen molar-refractivity contribution in [1.82, 2.24) is 16.1 Å². The highest BCUT2D eigenvalue weighted by Crippen LogP contribution is 2.13. The number of unbranched alkanes of at least 4 members (excludes halogenated alkanes) is 1. The molecule has 0 aliphatic rings. The van der Waals surface area contributed by atoms with Crippen molar-refractivity contribution in [3.8, 4) is 12.3 Å². The van der Waals surface area contributed by atoms with E-state index >= 15 is 0 Å². The van der Waals surface area contributed by atoms with Crippen LogP contribution in [0.5, 0.6) is 0 Å². The van der Waals surface area contributed by atoms with E-state index in [9.17, 15) is 19.2 Å². The van der Waals surface area contributed by atoms with Gasteiger partial charge in [0.05, 0.1) is 0 Å². The number of nitrogens with one attached hydrogen (secondary N) is 3. The van der Waals surface area contributed by atoms with Crippen LogP contribution in [0.3, 0.4) is 0 Å². The summed E-state index contributed by atoms with van der Waals surface area (Å²) in [6, 6.07) is 21.4. The summed E-state index contributed by atoms with van der Waals surface area (Å²) in [7, 11) is 0. The minimum atomic E-state index is -0.844. The molecule has 0 fully saturated rings. The summed E-state index contributed by atoms with van der Waals surface area (Å²) in [5.74, 6) is 1.10. The Morgan fingerprint density at radius 1 is 0.816 bits per heavy atom. The van der Waals surface area contributed by atoms with Crippen LogP contribution < -0.4 is 16.1 Å². The highest BCUT2D eigenvalue weighted by Gasteiger charge is 2.21. The van der Waals surface area contributed by atoms with E-state index in [0.29, 0.717) is 24.0 Å². The molecular weight excluding hydrogens is 482 g/mol. The summed E-state index contributed by atoms with van der Waals surface area (Å²) >= 11 is 0. The molecule has 0 saturated carbocycles. The summed E-state index contributed by atoms with van der Waals surface area (Å²) in [5, 5.41) is 14.3. The predicted molar refractivity (Wildman–Crippen MR) is 142 cm³/mol. The van der Waals surface area contributed by atoms with Crippen LogP contribution >= 0.6 is 0 Å². The van der Waals surface area contributed by atoms with Crippen molar-refractivity contribution in [2.45, 2.75) is 38.3 Å². The van der Waals surface area contributed by atoms with E-state index in [0.717, 1.165) is 11.1 Å². The molecule has 4 N–H and O–H groups in total. The zero-order chi connectivity index (χ0) is 27.3. The van der Waals surface area contributed by atoms with E-state index in [-0.39, 0.29) is 42.5 Å². The number of amides is 3. The number of ketones is 1. The molecule has 0 radical (unpaired) electrons. The van der Waals surface area contributed by atoms with E-state index < -0.39 is 11.9 Å². The first-order valence-electron chi connectivity index (χ1n) is 12.1. The molecular formula is C30H29N3O5. The molecule has 3 aromatic rings. The van der Waals surface area contributed by atoms with Crippen molar-refractivity contribution < 1.29 is 24.4 Å². The average Bonchev–Trinajstić information content (AvgIpc) is 2.96. The second-order valence-electron chi connectivity index (χ2n) is 8.63. The fourth-order valence-electron chi connectivity index (χ4n) is 3.76. The molecule has 3 amide bonds. The predicted octanol–water partition coefficient (Wildman–Crippen LogP) is 3.18. The van der Waals surface area contributed by atoms with Crippen LogP contribution in [0.2, 0.25) is 0 Å². The maximum atomic E-state index is 13.1. The molecule has 3 aromatic carbocycles. The maximum absolute atomic E-state index is 13.1. The van der Waals surface area contributed by atoms with Crippen molar-refractivity contribution in [3.05, 3.63) is 107 Å². The van der Waals surface area contributed by atoms with Gasteiger partial charge in [-0.2, -0.15) is 0 Å². The smallest absolute Gasteiger partial charge is 0.274 e. The van der Waals surface area contributed by atoms with Crippen molar-refractivity contribution in [2.24, 2.45) is 0 Å². The first-order valence-corrected chi connectivity index (χ1v) is 12.1. The lowest BCUT2D eigenvalue weighted by Crippen LogP contribution is -2.47. The van der Waals surface area contributed by atoms with E-state index in [4.69, 9.17) is 11.6 Å². The van der Waals surface area contributed by atoms with Crippen molar-refractivity contribution in [2.75, 3.05) is 0 Å². The molecule has 8 heteroatoms. The first-order chi connectivity index (χ1) is 18.4. The molecule has 8 nitrogen and oxygen atoms in total. The lowest BCUT2D eigenvalue weighted by Gasteiger charge is -2.19. The van der Waals surface area contributed by atoms with Crippen LogP contribution in [-0.4, -0.2) is 34.8 Å². The lowest BCUT2D eigenvalue weighted by atomic mass is 9.99. The number of benzene rings is 3. The number of hydrogen-bond acceptors (Lipinski definition) is 5. The molecule has 0 aliphatic carbocycles. The number of carbonyl (C=O) groups excluding carboxylic acids is 4. The fourth-order valence-corrected chi connectivity index (χ4v) is 3.76. The SMILES string of the molecule is C#CCCCC(=O)N[C@@H](Cc1ccc(C(=O)c2ccccc2)cc1)C(=O)NCc1ccc(C(=O)NO)cc1. The molecule has 0 saturated heterocycles. The fraction of sp³-hybridized carbons (Fsp3) is 0.200. The third-order valence-electron chi connectivity index (χ3n) is 5.85. The average molecular weight is 512 g/mol. The van der Waals surface area contributed by atoms with Crippen LogP contribution in [0, 0.1) is 12.3 Å². The zero-order valence-corrected chi connectivity index (χ0v) is 20.8. The summed E-state index contributed by atoms with van der Waals surface area (Å²) in [5.41, 5.74) is 4.46. The topological polar surface area (TPSA) is 125 Å². The molecule has 38 heavy (non-hydrogen) atoms. The third kappa shape index (κ3) is 8.15. The second kappa shape index (κ2) is 14.1. The largest absolute Gasteiger partial charge is 0.350 e. The monoisotopic (exact) mass is 511 g/mol. The number of terminal acetylenes is 1. The van der Waals surface area contributed by atoms with Gasteiger partial charge in [0.2, 0.25) is 11.8 Å². The number of hydroxylamine groups is 1. The van der Waals surface area contributed by atoms with Gasteiger partial charge >= 0.3 is 0 Å². The Labute approximate surface area is 221 Å². The molecule has 0 bridgehead atoms. The first kappa shape index (κ1) is 27.8. The van der Waals surface area contributed by atoms with E-state index in [1.807, 2.05) is 6.07 Å². The van der Waals surface area contributed by atoms with Crippen LogP contribution in [0.4, 0.5) is 0 Å². The van der Waals surface area contributed by atoms with Gasteiger partial charge in [0.25, 0.3) is 5.91 Å². The third-order valence-corrected chi connectivity index (χ3v) is 5.85. The lowest BCUT2D eigenvalue weighted by molar-refractivity contribution is -0.129. The Morgan fingerprint density at radius 2 is 1.42 bits per heavy atom. The van der Waals surface area contributed by atoms with E-state index in [1.54, 1.807) is 66.1 Å². The van der Waals surface area contributed by atoms with Crippen LogP contribution in [0.1, 0.15) is 56.7 Å². The number of hydrogen-bond donors (Lipinski definition) is 4. The number of carbonyl (C=O) groups is 4. The molecule has 0 aromatic heterocycles. The van der Waals surface area contributed by atoms with Crippen molar-refractivity contribution in [3.63, 3.8) is 0 Å². The van der Waals surface area contributed by atoms with Crippen LogP contribution in [-0.2, 0) is 22.6 Å². The molecule has 0 aliphatic heterocycles. The van der Waals surface area contributed by atoms with Gasteiger partial charge in [-0.1, -0.05) is 66.7 Å². The van der Waals surface area contributed by atoms with E-state index in [1.165, 1.54) is 12.1 Å². The highest BCUT2D eigenvalue weighted by molar-refractivity contribution is 6.08. The minimum absolute atomic E-state index is 0.101. The van der Waals surface area contributed by atoms with E-state index in [2.05, 4.69) is 16.6 Å². The molecule has 0 spiro atoms. The summed E-state index contributed by atoms with van der Waals surface area (Å²) in [6.45, 7) is 0.174. The Bertz CT molecular complexity index is 1300. The van der Waals surface area contributed by atoms with Crippen LogP contribution in [0.25, 0.3) is 0 Å². The van der Waals surface area contributed by atoms with Gasteiger partial charge in [-0.3, -0.25) is 24.4 Å². The maximum Gasteiger partial charge on any atom is 0.274 e. The van der Waals surface area contributed by atoms with Gasteiger partial charge in [-0.25, -0.2) is 5.48 Å². The molecule has 194 valence electrons. The van der Waals surface area contributed by atoms with Gasteiger partial charge in [0, 0.05) is 42.5 Å².